The van der Waals surface area contributed by atoms with Crippen LogP contribution >= 0.6 is 23.2 Å². The van der Waals surface area contributed by atoms with E-state index >= 15 is 0 Å². The van der Waals surface area contributed by atoms with Crippen molar-refractivity contribution < 1.29 is 28.9 Å². The number of benzene rings is 1. The van der Waals surface area contributed by atoms with Crippen LogP contribution in [0.3, 0.4) is 0 Å². The minimum Gasteiger partial charge on any atom is -0.480 e. The van der Waals surface area contributed by atoms with Crippen LogP contribution in [0.4, 0.5) is 4.39 Å². The molecule has 7 nitrogen and oxygen atoms in total. The van der Waals surface area contributed by atoms with Crippen LogP contribution in [-0.4, -0.2) is 45.0 Å². The first-order valence-electron chi connectivity index (χ1n) is 7.49. The topological polar surface area (TPSA) is 114 Å². The fraction of sp³-hybridized carbons (Fsp3) is 0.438. The van der Waals surface area contributed by atoms with Crippen molar-refractivity contribution in [2.45, 2.75) is 35.9 Å². The molecule has 26 heavy (non-hydrogen) atoms. The van der Waals surface area contributed by atoms with E-state index in [0.717, 1.165) is 0 Å². The van der Waals surface area contributed by atoms with Crippen molar-refractivity contribution in [2.24, 2.45) is 11.7 Å². The predicted molar refractivity (Wildman–Crippen MR) is 90.2 cm³/mol. The maximum atomic E-state index is 14.9. The Labute approximate surface area is 157 Å². The molecule has 0 unspecified atom stereocenters. The van der Waals surface area contributed by atoms with Crippen LogP contribution in [0, 0.1) is 12.5 Å². The maximum absolute atomic E-state index is 14.9. The zero-order valence-electron chi connectivity index (χ0n) is 13.2. The second-order valence-electron chi connectivity index (χ2n) is 6.42. The first-order valence-corrected chi connectivity index (χ1v) is 8.25. The minimum absolute atomic E-state index is 0.0898. The summed E-state index contributed by atoms with van der Waals surface area (Å²) >= 11 is 11.7. The van der Waals surface area contributed by atoms with Crippen molar-refractivity contribution in [3.63, 3.8) is 0 Å². The van der Waals surface area contributed by atoms with Crippen molar-refractivity contribution in [2.75, 3.05) is 0 Å². The van der Waals surface area contributed by atoms with Gasteiger partial charge in [0.05, 0.1) is 22.8 Å². The van der Waals surface area contributed by atoms with Gasteiger partial charge in [-0.1, -0.05) is 34.1 Å². The highest BCUT2D eigenvalue weighted by atomic mass is 35.5. The van der Waals surface area contributed by atoms with Gasteiger partial charge in [0.2, 0.25) is 5.54 Å². The molecule has 10 heteroatoms. The molecular weight excluding hydrogens is 390 g/mol. The Bertz CT molecular complexity index is 862. The van der Waals surface area contributed by atoms with E-state index in [1.54, 1.807) is 6.07 Å². The molecule has 0 aromatic heterocycles. The zero-order chi connectivity index (χ0) is 19.5. The monoisotopic (exact) mass is 403 g/mol. The molecule has 0 spiro atoms. The number of rotatable bonds is 5. The lowest BCUT2D eigenvalue weighted by atomic mass is 9.83. The lowest BCUT2D eigenvalue weighted by Gasteiger charge is -2.30. The summed E-state index contributed by atoms with van der Waals surface area (Å²) < 4.78 is 20.5. The van der Waals surface area contributed by atoms with Gasteiger partial charge in [-0.15, -0.1) is 0 Å². The summed E-state index contributed by atoms with van der Waals surface area (Å²) in [4.78, 5) is 26.4. The highest BCUT2D eigenvalue weighted by Crippen LogP contribution is 2.72. The van der Waals surface area contributed by atoms with Gasteiger partial charge in [-0.3, -0.25) is 0 Å². The van der Waals surface area contributed by atoms with E-state index < -0.39 is 40.7 Å². The molecule has 0 saturated heterocycles. The van der Waals surface area contributed by atoms with Crippen LogP contribution in [0.5, 0.6) is 0 Å². The van der Waals surface area contributed by atoms with Gasteiger partial charge < -0.3 is 20.7 Å². The van der Waals surface area contributed by atoms with E-state index in [2.05, 4.69) is 4.85 Å². The molecule has 2 aliphatic carbocycles. The number of ether oxygens (including phenoxy) is 1. The highest BCUT2D eigenvalue weighted by Gasteiger charge is 3.05. The zero-order valence-corrected chi connectivity index (χ0v) is 14.7. The van der Waals surface area contributed by atoms with Crippen LogP contribution in [0.1, 0.15) is 12.0 Å². The Balaban J connectivity index is 1.89. The summed E-state index contributed by atoms with van der Waals surface area (Å²) in [5.74, 6) is -4.79. The molecule has 0 heterocycles. The number of carboxylic acid groups (broad SMARTS) is 2. The van der Waals surface area contributed by atoms with Gasteiger partial charge in [-0.05, 0) is 24.1 Å². The van der Waals surface area contributed by atoms with Gasteiger partial charge in [0.25, 0.3) is 6.57 Å². The fourth-order valence-corrected chi connectivity index (χ4v) is 4.31. The SMILES string of the molecule is C#[N+][C@@]12[C@@H](C[C@@H](OCc3ccc(Cl)c(Cl)c3)[C@@]1(N)C(=O)O)[C@]2(F)C(=O)O. The number of nitrogens with two attached hydrogens (primary N) is 1. The van der Waals surface area contributed by atoms with E-state index in [-0.39, 0.29) is 18.1 Å². The van der Waals surface area contributed by atoms with E-state index in [0.29, 0.717) is 10.6 Å². The van der Waals surface area contributed by atoms with Crippen molar-refractivity contribution in [3.8, 4) is 6.57 Å². The number of nitrogens with zero attached hydrogens (tertiary/aromatic N) is 1. The standard InChI is InChI=1S/C16H13Cl2FN2O5/c1-21-16-10(14(16,19)12(22)23)5-11(15(16,20)13(24)25)26-6-7-2-3-8(17)9(18)4-7/h1-4,10-11H,5-6,20H2,(H-,22,23,24,25)/p+1/t10-,11+,14-,15+,16+/m0/s1. The Morgan fingerprint density at radius 2 is 2.00 bits per heavy atom. The predicted octanol–water partition coefficient (Wildman–Crippen LogP) is 2.19. The largest absolute Gasteiger partial charge is 0.480 e. The Hall–Kier alpha value is -1.92. The molecule has 2 aliphatic rings. The van der Waals surface area contributed by atoms with Gasteiger partial charge in [0.15, 0.2) is 0 Å². The average Bonchev–Trinajstić information content (AvgIpc) is 3.00. The Morgan fingerprint density at radius 3 is 2.50 bits per heavy atom. The first-order chi connectivity index (χ1) is 12.1. The third-order valence-corrected chi connectivity index (χ3v) is 6.09. The van der Waals surface area contributed by atoms with E-state index in [1.807, 2.05) is 0 Å². The third kappa shape index (κ3) is 2.06. The molecule has 0 aliphatic heterocycles. The molecule has 5 atom stereocenters. The van der Waals surface area contributed by atoms with Crippen LogP contribution in [0.2, 0.25) is 10.0 Å². The summed E-state index contributed by atoms with van der Waals surface area (Å²) in [5, 5.41) is 19.4. The minimum atomic E-state index is -2.95. The number of alkyl halides is 1. The van der Waals surface area contributed by atoms with Gasteiger partial charge in [-0.2, -0.15) is 0 Å². The number of fused-ring (bicyclic) bond motifs is 1. The van der Waals surface area contributed by atoms with Crippen molar-refractivity contribution in [1.29, 1.82) is 0 Å². The number of hydrogen-bond acceptors (Lipinski definition) is 4. The Morgan fingerprint density at radius 1 is 1.35 bits per heavy atom. The van der Waals surface area contributed by atoms with E-state index in [9.17, 15) is 24.2 Å². The molecule has 0 radical (unpaired) electrons. The van der Waals surface area contributed by atoms with Crippen LogP contribution in [0.25, 0.3) is 4.85 Å². The van der Waals surface area contributed by atoms with Crippen molar-refractivity contribution in [3.05, 3.63) is 38.7 Å². The summed E-state index contributed by atoms with van der Waals surface area (Å²) in [6.45, 7) is 5.14. The fourth-order valence-electron chi connectivity index (χ4n) is 3.99. The molecule has 3 rings (SSSR count). The lowest BCUT2D eigenvalue weighted by Crippen LogP contribution is -2.67. The summed E-state index contributed by atoms with van der Waals surface area (Å²) in [6, 6.07) is 4.68. The molecule has 138 valence electrons. The van der Waals surface area contributed by atoms with Crippen LogP contribution < -0.4 is 5.73 Å². The molecule has 4 N–H and O–H groups in total. The average molecular weight is 404 g/mol. The van der Waals surface area contributed by atoms with E-state index in [4.69, 9.17) is 40.2 Å². The normalized spacial score (nSPS) is 37.7. The van der Waals surface area contributed by atoms with Gasteiger partial charge in [0.1, 0.15) is 5.92 Å². The van der Waals surface area contributed by atoms with Crippen LogP contribution in [0.15, 0.2) is 18.2 Å². The summed E-state index contributed by atoms with van der Waals surface area (Å²) in [7, 11) is 0. The van der Waals surface area contributed by atoms with Gasteiger partial charge in [0, 0.05) is 0 Å². The summed E-state index contributed by atoms with van der Waals surface area (Å²) in [6.07, 6.45) is -1.46. The number of carboxylic acids is 2. The number of halogens is 3. The van der Waals surface area contributed by atoms with E-state index in [1.165, 1.54) is 12.1 Å². The number of hydrogen-bond donors (Lipinski definition) is 3. The van der Waals surface area contributed by atoms with Crippen molar-refractivity contribution in [1.82, 2.24) is 0 Å². The molecule has 1 aromatic rings. The summed E-state index contributed by atoms with van der Waals surface area (Å²) in [5.41, 5.74) is -1.13. The third-order valence-electron chi connectivity index (χ3n) is 5.35. The number of carbonyl (C=O) groups is 2. The Kier molecular flexibility index (Phi) is 4.20. The quantitative estimate of drug-likeness (QED) is 0.693. The van der Waals surface area contributed by atoms with Crippen LogP contribution in [-0.2, 0) is 20.9 Å². The van der Waals surface area contributed by atoms with Gasteiger partial charge in [-0.25, -0.2) is 14.0 Å². The second-order valence-corrected chi connectivity index (χ2v) is 7.24. The molecule has 1 aromatic carbocycles. The van der Waals surface area contributed by atoms with Gasteiger partial charge >= 0.3 is 23.1 Å². The highest BCUT2D eigenvalue weighted by molar-refractivity contribution is 6.42. The smallest absolute Gasteiger partial charge is 0.362 e. The lowest BCUT2D eigenvalue weighted by molar-refractivity contribution is -0.156. The molecular formula is C16H14Cl2FN2O5+. The molecule has 2 saturated carbocycles. The molecule has 0 bridgehead atoms. The number of aliphatic carboxylic acids is 2. The molecule has 2 fully saturated rings. The second kappa shape index (κ2) is 5.79. The first kappa shape index (κ1) is 18.9. The van der Waals surface area contributed by atoms with Crippen molar-refractivity contribution >= 4 is 35.1 Å². The molecule has 0 amide bonds. The maximum Gasteiger partial charge on any atom is 0.362 e.